The number of nitrogens with zero attached hydrogens (tertiary/aromatic N) is 5. The highest BCUT2D eigenvalue weighted by Gasteiger charge is 2.10. The normalized spacial score (nSPS) is 10.7. The number of rotatable bonds is 2. The van der Waals surface area contributed by atoms with E-state index in [4.69, 9.17) is 5.73 Å². The van der Waals surface area contributed by atoms with Crippen molar-refractivity contribution in [3.05, 3.63) is 48.3 Å². The summed E-state index contributed by atoms with van der Waals surface area (Å²) in [5.41, 5.74) is 7.15. The first-order valence-corrected chi connectivity index (χ1v) is 5.90. The summed E-state index contributed by atoms with van der Waals surface area (Å²) >= 11 is 0. The molecular formula is C13H11FN6. The van der Waals surface area contributed by atoms with Crippen molar-refractivity contribution in [1.82, 2.24) is 24.5 Å². The number of nitrogens with two attached hydrogens (primary N) is 1. The molecule has 0 saturated carbocycles. The van der Waals surface area contributed by atoms with E-state index in [1.54, 1.807) is 36.3 Å². The first-order valence-electron chi connectivity index (χ1n) is 5.90. The summed E-state index contributed by atoms with van der Waals surface area (Å²) in [6.07, 6.45) is 4.88. The number of nitrogen functional groups attached to an aromatic ring is 1. The molecule has 0 fully saturated rings. The maximum Gasteiger partial charge on any atom is 0.240 e. The molecule has 1 aromatic carbocycles. The number of aryl methyl sites for hydroxylation is 1. The minimum atomic E-state index is -0.303. The molecule has 0 aliphatic heterocycles. The molecule has 0 spiro atoms. The average Bonchev–Trinajstić information content (AvgIpc) is 2.91. The number of hydrogen-bond donors (Lipinski definition) is 1. The summed E-state index contributed by atoms with van der Waals surface area (Å²) in [7, 11) is 0. The van der Waals surface area contributed by atoms with Crippen molar-refractivity contribution in [1.29, 1.82) is 0 Å². The molecule has 7 heteroatoms. The lowest BCUT2D eigenvalue weighted by Crippen LogP contribution is -2.07. The lowest BCUT2D eigenvalue weighted by molar-refractivity contribution is 0.627. The second-order valence-corrected chi connectivity index (χ2v) is 4.25. The van der Waals surface area contributed by atoms with E-state index in [2.05, 4.69) is 19.9 Å². The van der Waals surface area contributed by atoms with Gasteiger partial charge in [0.25, 0.3) is 0 Å². The highest BCUT2D eigenvalue weighted by Crippen LogP contribution is 2.21. The lowest BCUT2D eigenvalue weighted by Gasteiger charge is -2.07. The van der Waals surface area contributed by atoms with Crippen molar-refractivity contribution in [2.45, 2.75) is 6.92 Å². The number of benzene rings is 1. The van der Waals surface area contributed by atoms with Gasteiger partial charge in [0.2, 0.25) is 11.9 Å². The molecule has 0 radical (unpaired) electrons. The van der Waals surface area contributed by atoms with E-state index in [0.717, 1.165) is 5.56 Å². The molecule has 6 nitrogen and oxygen atoms in total. The summed E-state index contributed by atoms with van der Waals surface area (Å²) in [6.45, 7) is 1.79. The minimum Gasteiger partial charge on any atom is -0.368 e. The van der Waals surface area contributed by atoms with Crippen LogP contribution in [-0.4, -0.2) is 24.5 Å². The van der Waals surface area contributed by atoms with Gasteiger partial charge in [0.05, 0.1) is 0 Å². The van der Waals surface area contributed by atoms with Crippen molar-refractivity contribution in [3.63, 3.8) is 0 Å². The fraction of sp³-hybridized carbons (Fsp3) is 0.0769. The molecule has 2 heterocycles. The number of aromatic nitrogens is 5. The Labute approximate surface area is 114 Å². The molecule has 100 valence electrons. The second kappa shape index (κ2) is 4.69. The Bertz CT molecular complexity index is 754. The Hall–Kier alpha value is -2.83. The van der Waals surface area contributed by atoms with Gasteiger partial charge in [-0.3, -0.25) is 4.57 Å². The van der Waals surface area contributed by atoms with Crippen molar-refractivity contribution >= 4 is 5.95 Å². The molecule has 0 aliphatic carbocycles. The summed E-state index contributed by atoms with van der Waals surface area (Å²) in [5, 5.41) is 0. The van der Waals surface area contributed by atoms with Gasteiger partial charge < -0.3 is 5.73 Å². The Morgan fingerprint density at radius 2 is 2.05 bits per heavy atom. The van der Waals surface area contributed by atoms with Crippen LogP contribution in [0.25, 0.3) is 17.3 Å². The monoisotopic (exact) mass is 270 g/mol. The second-order valence-electron chi connectivity index (χ2n) is 4.25. The van der Waals surface area contributed by atoms with Crippen LogP contribution in [0, 0.1) is 12.7 Å². The standard InChI is InChI=1S/C13H11FN6/c1-8-6-9(14)2-3-10(8)11-17-12(15)19-13(18-11)20-5-4-16-7-20/h2-7H,1H3,(H2,15,17,18,19). The SMILES string of the molecule is Cc1cc(F)ccc1-c1nc(N)nc(-n2ccnc2)n1. The molecule has 3 rings (SSSR count). The van der Waals surface area contributed by atoms with Crippen molar-refractivity contribution in [2.24, 2.45) is 0 Å². The van der Waals surface area contributed by atoms with Crippen LogP contribution < -0.4 is 5.73 Å². The van der Waals surface area contributed by atoms with Gasteiger partial charge in [0.15, 0.2) is 5.82 Å². The Morgan fingerprint density at radius 1 is 1.20 bits per heavy atom. The fourth-order valence-corrected chi connectivity index (χ4v) is 1.87. The zero-order valence-electron chi connectivity index (χ0n) is 10.7. The van der Waals surface area contributed by atoms with E-state index in [0.29, 0.717) is 17.3 Å². The van der Waals surface area contributed by atoms with E-state index in [1.807, 2.05) is 0 Å². The fourth-order valence-electron chi connectivity index (χ4n) is 1.87. The largest absolute Gasteiger partial charge is 0.368 e. The molecule has 0 bridgehead atoms. The molecule has 0 saturated heterocycles. The van der Waals surface area contributed by atoms with E-state index >= 15 is 0 Å². The third-order valence-corrected chi connectivity index (χ3v) is 2.81. The van der Waals surface area contributed by atoms with E-state index in [1.165, 1.54) is 12.1 Å². The van der Waals surface area contributed by atoms with Crippen LogP contribution in [0.5, 0.6) is 0 Å². The first kappa shape index (κ1) is 12.2. The number of halogens is 1. The average molecular weight is 270 g/mol. The van der Waals surface area contributed by atoms with Gasteiger partial charge >= 0.3 is 0 Å². The first-order chi connectivity index (χ1) is 9.63. The minimum absolute atomic E-state index is 0.0995. The quantitative estimate of drug-likeness (QED) is 0.767. The van der Waals surface area contributed by atoms with Gasteiger partial charge in [-0.15, -0.1) is 0 Å². The van der Waals surface area contributed by atoms with Crippen LogP contribution in [0.15, 0.2) is 36.9 Å². The number of hydrogen-bond acceptors (Lipinski definition) is 5. The zero-order chi connectivity index (χ0) is 14.1. The highest BCUT2D eigenvalue weighted by molar-refractivity contribution is 5.61. The van der Waals surface area contributed by atoms with Crippen LogP contribution in [0.1, 0.15) is 5.56 Å². The summed E-state index contributed by atoms with van der Waals surface area (Å²) in [6, 6.07) is 4.41. The predicted molar refractivity (Wildman–Crippen MR) is 71.5 cm³/mol. The van der Waals surface area contributed by atoms with Crippen LogP contribution in [0.2, 0.25) is 0 Å². The third-order valence-electron chi connectivity index (χ3n) is 2.81. The topological polar surface area (TPSA) is 82.5 Å². The Balaban J connectivity index is 2.14. The molecule has 3 aromatic rings. The smallest absolute Gasteiger partial charge is 0.240 e. The van der Waals surface area contributed by atoms with Gasteiger partial charge in [-0.1, -0.05) is 0 Å². The van der Waals surface area contributed by atoms with E-state index in [9.17, 15) is 4.39 Å². The van der Waals surface area contributed by atoms with Crippen molar-refractivity contribution < 1.29 is 4.39 Å². The maximum absolute atomic E-state index is 13.2. The summed E-state index contributed by atoms with van der Waals surface area (Å²) in [5.74, 6) is 0.568. The van der Waals surface area contributed by atoms with E-state index < -0.39 is 0 Å². The van der Waals surface area contributed by atoms with Gasteiger partial charge in [0, 0.05) is 18.0 Å². The molecule has 0 aliphatic rings. The molecule has 20 heavy (non-hydrogen) atoms. The molecule has 0 atom stereocenters. The molecule has 0 amide bonds. The van der Waals surface area contributed by atoms with Crippen molar-refractivity contribution in [3.8, 4) is 17.3 Å². The molecule has 2 N–H and O–H groups in total. The summed E-state index contributed by atoms with van der Waals surface area (Å²) in [4.78, 5) is 16.4. The van der Waals surface area contributed by atoms with Crippen molar-refractivity contribution in [2.75, 3.05) is 5.73 Å². The molecule has 0 unspecified atom stereocenters. The van der Waals surface area contributed by atoms with Gasteiger partial charge in [0.1, 0.15) is 12.1 Å². The van der Waals surface area contributed by atoms with Gasteiger partial charge in [-0.25, -0.2) is 9.37 Å². The highest BCUT2D eigenvalue weighted by atomic mass is 19.1. The van der Waals surface area contributed by atoms with Crippen LogP contribution >= 0.6 is 0 Å². The zero-order valence-corrected chi connectivity index (χ0v) is 10.7. The van der Waals surface area contributed by atoms with Crippen LogP contribution in [-0.2, 0) is 0 Å². The van der Waals surface area contributed by atoms with Gasteiger partial charge in [-0.05, 0) is 30.7 Å². The molecular weight excluding hydrogens is 259 g/mol. The van der Waals surface area contributed by atoms with Crippen LogP contribution in [0.3, 0.4) is 0 Å². The van der Waals surface area contributed by atoms with E-state index in [-0.39, 0.29) is 11.8 Å². The third kappa shape index (κ3) is 2.20. The Kier molecular flexibility index (Phi) is 2.86. The Morgan fingerprint density at radius 3 is 2.75 bits per heavy atom. The lowest BCUT2D eigenvalue weighted by atomic mass is 10.1. The predicted octanol–water partition coefficient (Wildman–Crippen LogP) is 1.75. The molecule has 2 aromatic heterocycles. The number of anilines is 1. The number of imidazole rings is 1. The van der Waals surface area contributed by atoms with Gasteiger partial charge in [-0.2, -0.15) is 15.0 Å². The maximum atomic E-state index is 13.2. The van der Waals surface area contributed by atoms with Crippen LogP contribution in [0.4, 0.5) is 10.3 Å². The summed E-state index contributed by atoms with van der Waals surface area (Å²) < 4.78 is 14.8.